The number of piperidine rings is 1. The lowest BCUT2D eigenvalue weighted by Gasteiger charge is -2.47. The molecule has 3 fully saturated rings. The predicted molar refractivity (Wildman–Crippen MR) is 104 cm³/mol. The SMILES string of the molecule is c1ccc2c(c1)OC1(CCN(CC3CCOC3)CC1)CC2NC1CCOC1. The number of ether oxygens (including phenoxy) is 3. The fourth-order valence-electron chi connectivity index (χ4n) is 5.26. The van der Waals surface area contributed by atoms with Crippen LogP contribution >= 0.6 is 0 Å². The first-order valence-corrected chi connectivity index (χ1v) is 10.7. The molecule has 3 saturated heterocycles. The van der Waals surface area contributed by atoms with Crippen molar-refractivity contribution in [2.75, 3.05) is 46.1 Å². The van der Waals surface area contributed by atoms with Crippen molar-refractivity contribution in [1.82, 2.24) is 10.2 Å². The number of para-hydroxylation sites is 1. The summed E-state index contributed by atoms with van der Waals surface area (Å²) in [5.74, 6) is 1.81. The topological polar surface area (TPSA) is 43.0 Å². The number of hydrogen-bond donors (Lipinski definition) is 1. The zero-order valence-corrected chi connectivity index (χ0v) is 16.2. The van der Waals surface area contributed by atoms with Crippen molar-refractivity contribution in [2.24, 2.45) is 5.92 Å². The van der Waals surface area contributed by atoms with Gasteiger partial charge in [-0.25, -0.2) is 0 Å². The molecule has 1 spiro atoms. The number of hydrogen-bond acceptors (Lipinski definition) is 5. The Kier molecular flexibility index (Phi) is 5.11. The highest BCUT2D eigenvalue weighted by Crippen LogP contribution is 2.44. The monoisotopic (exact) mass is 372 g/mol. The van der Waals surface area contributed by atoms with Crippen LogP contribution in [-0.2, 0) is 9.47 Å². The smallest absolute Gasteiger partial charge is 0.124 e. The molecule has 1 aromatic rings. The Morgan fingerprint density at radius 1 is 1.04 bits per heavy atom. The number of rotatable bonds is 4. The molecule has 3 atom stereocenters. The van der Waals surface area contributed by atoms with Gasteiger partial charge in [-0.05, 0) is 37.7 Å². The summed E-state index contributed by atoms with van der Waals surface area (Å²) in [5.41, 5.74) is 1.30. The minimum Gasteiger partial charge on any atom is -0.487 e. The zero-order valence-electron chi connectivity index (χ0n) is 16.2. The highest BCUT2D eigenvalue weighted by Gasteiger charge is 2.44. The molecule has 148 valence electrons. The molecule has 0 amide bonds. The van der Waals surface area contributed by atoms with Gasteiger partial charge < -0.3 is 24.4 Å². The molecule has 27 heavy (non-hydrogen) atoms. The fourth-order valence-corrected chi connectivity index (χ4v) is 5.26. The lowest BCUT2D eigenvalue weighted by Crippen LogP contribution is -2.53. The fraction of sp³-hybridized carbons (Fsp3) is 0.727. The molecule has 0 bridgehead atoms. The summed E-state index contributed by atoms with van der Waals surface area (Å²) in [4.78, 5) is 2.63. The molecule has 5 heteroatoms. The van der Waals surface area contributed by atoms with Crippen LogP contribution in [0.4, 0.5) is 0 Å². The lowest BCUT2D eigenvalue weighted by molar-refractivity contribution is -0.0292. The first-order valence-electron chi connectivity index (χ1n) is 10.7. The number of likely N-dealkylation sites (tertiary alicyclic amines) is 1. The Bertz CT molecular complexity index is 632. The Hall–Kier alpha value is -1.14. The van der Waals surface area contributed by atoms with E-state index in [1.165, 1.54) is 18.5 Å². The second-order valence-electron chi connectivity index (χ2n) is 8.84. The molecule has 0 saturated carbocycles. The molecule has 4 aliphatic rings. The molecule has 5 rings (SSSR count). The highest BCUT2D eigenvalue weighted by atomic mass is 16.5. The maximum absolute atomic E-state index is 6.65. The number of benzene rings is 1. The minimum absolute atomic E-state index is 0.0197. The van der Waals surface area contributed by atoms with Crippen LogP contribution in [0.25, 0.3) is 0 Å². The van der Waals surface area contributed by atoms with E-state index in [1.54, 1.807) is 0 Å². The van der Waals surface area contributed by atoms with Gasteiger partial charge in [-0.1, -0.05) is 18.2 Å². The number of nitrogens with one attached hydrogen (secondary N) is 1. The highest BCUT2D eigenvalue weighted by molar-refractivity contribution is 5.39. The van der Waals surface area contributed by atoms with Gasteiger partial charge in [0, 0.05) is 56.9 Å². The van der Waals surface area contributed by atoms with Crippen molar-refractivity contribution in [3.8, 4) is 5.75 Å². The van der Waals surface area contributed by atoms with E-state index in [-0.39, 0.29) is 5.60 Å². The van der Waals surface area contributed by atoms with Crippen molar-refractivity contribution in [3.63, 3.8) is 0 Å². The van der Waals surface area contributed by atoms with E-state index in [0.717, 1.165) is 76.9 Å². The molecule has 5 nitrogen and oxygen atoms in total. The average Bonchev–Trinajstić information content (AvgIpc) is 3.38. The molecule has 1 aromatic carbocycles. The van der Waals surface area contributed by atoms with Crippen molar-refractivity contribution >= 4 is 0 Å². The van der Waals surface area contributed by atoms with Crippen LogP contribution in [0.1, 0.15) is 43.7 Å². The Morgan fingerprint density at radius 3 is 2.63 bits per heavy atom. The molecule has 3 unspecified atom stereocenters. The summed E-state index contributed by atoms with van der Waals surface area (Å²) >= 11 is 0. The van der Waals surface area contributed by atoms with E-state index in [0.29, 0.717) is 12.1 Å². The first-order chi connectivity index (χ1) is 13.3. The van der Waals surface area contributed by atoms with Crippen molar-refractivity contribution in [2.45, 2.75) is 49.8 Å². The van der Waals surface area contributed by atoms with Gasteiger partial charge in [0.15, 0.2) is 0 Å². The summed E-state index contributed by atoms with van der Waals surface area (Å²) in [6.07, 6.45) is 5.65. The second-order valence-corrected chi connectivity index (χ2v) is 8.84. The van der Waals surface area contributed by atoms with Gasteiger partial charge >= 0.3 is 0 Å². The van der Waals surface area contributed by atoms with E-state index in [2.05, 4.69) is 34.5 Å². The van der Waals surface area contributed by atoms with Gasteiger partial charge in [-0.2, -0.15) is 0 Å². The van der Waals surface area contributed by atoms with Gasteiger partial charge in [-0.15, -0.1) is 0 Å². The normalized spacial score (nSPS) is 33.1. The van der Waals surface area contributed by atoms with Crippen LogP contribution in [0.5, 0.6) is 5.75 Å². The standard InChI is InChI=1S/C22H32N2O3/c1-2-4-21-19(3-1)20(23-18-6-12-26-16-18)13-22(27-21)7-9-24(10-8-22)14-17-5-11-25-15-17/h1-4,17-18,20,23H,5-16H2. The van der Waals surface area contributed by atoms with Gasteiger partial charge in [-0.3, -0.25) is 0 Å². The molecule has 0 radical (unpaired) electrons. The number of nitrogens with zero attached hydrogens (tertiary/aromatic N) is 1. The molecular formula is C22H32N2O3. The average molecular weight is 373 g/mol. The minimum atomic E-state index is -0.0197. The predicted octanol–water partition coefficient (Wildman–Crippen LogP) is 2.76. The molecule has 0 aliphatic carbocycles. The summed E-state index contributed by atoms with van der Waals surface area (Å²) < 4.78 is 17.8. The van der Waals surface area contributed by atoms with Crippen LogP contribution in [0.15, 0.2) is 24.3 Å². The van der Waals surface area contributed by atoms with Crippen LogP contribution in [-0.4, -0.2) is 62.6 Å². The largest absolute Gasteiger partial charge is 0.487 e. The van der Waals surface area contributed by atoms with Gasteiger partial charge in [0.25, 0.3) is 0 Å². The third-order valence-electron chi connectivity index (χ3n) is 6.87. The number of fused-ring (bicyclic) bond motifs is 1. The Morgan fingerprint density at radius 2 is 1.85 bits per heavy atom. The summed E-state index contributed by atoms with van der Waals surface area (Å²) in [6, 6.07) is 9.45. The second kappa shape index (κ2) is 7.70. The third-order valence-corrected chi connectivity index (χ3v) is 6.87. The molecule has 4 aliphatic heterocycles. The van der Waals surface area contributed by atoms with E-state index in [1.807, 2.05) is 0 Å². The van der Waals surface area contributed by atoms with Crippen LogP contribution < -0.4 is 10.1 Å². The molecular weight excluding hydrogens is 340 g/mol. The van der Waals surface area contributed by atoms with Gasteiger partial charge in [0.1, 0.15) is 11.4 Å². The van der Waals surface area contributed by atoms with Crippen molar-refractivity contribution in [1.29, 1.82) is 0 Å². The maximum atomic E-state index is 6.65. The molecule has 0 aromatic heterocycles. The molecule has 1 N–H and O–H groups in total. The maximum Gasteiger partial charge on any atom is 0.124 e. The van der Waals surface area contributed by atoms with E-state index in [9.17, 15) is 0 Å². The van der Waals surface area contributed by atoms with Crippen LogP contribution in [0.3, 0.4) is 0 Å². The first kappa shape index (κ1) is 17.9. The van der Waals surface area contributed by atoms with E-state index < -0.39 is 0 Å². The van der Waals surface area contributed by atoms with Gasteiger partial charge in [0.05, 0.1) is 13.2 Å². The van der Waals surface area contributed by atoms with E-state index >= 15 is 0 Å². The Labute approximate surface area is 162 Å². The van der Waals surface area contributed by atoms with E-state index in [4.69, 9.17) is 14.2 Å². The third kappa shape index (κ3) is 3.88. The van der Waals surface area contributed by atoms with Crippen molar-refractivity contribution < 1.29 is 14.2 Å². The quantitative estimate of drug-likeness (QED) is 0.880. The van der Waals surface area contributed by atoms with Crippen LogP contribution in [0.2, 0.25) is 0 Å². The Balaban J connectivity index is 1.27. The summed E-state index contributed by atoms with van der Waals surface area (Å²) in [7, 11) is 0. The summed E-state index contributed by atoms with van der Waals surface area (Å²) in [5, 5.41) is 3.88. The lowest BCUT2D eigenvalue weighted by atomic mass is 9.80. The van der Waals surface area contributed by atoms with Crippen LogP contribution in [0, 0.1) is 5.92 Å². The van der Waals surface area contributed by atoms with Gasteiger partial charge in [0.2, 0.25) is 0 Å². The molecule has 4 heterocycles. The zero-order chi connectivity index (χ0) is 18.1. The van der Waals surface area contributed by atoms with Crippen molar-refractivity contribution in [3.05, 3.63) is 29.8 Å². The summed E-state index contributed by atoms with van der Waals surface area (Å²) in [6.45, 7) is 7.07.